The summed E-state index contributed by atoms with van der Waals surface area (Å²) < 4.78 is 38.0. The summed E-state index contributed by atoms with van der Waals surface area (Å²) in [5, 5.41) is 8.77. The number of rotatable bonds is 4. The number of hydrogen-bond acceptors (Lipinski definition) is 3. The maximum atomic E-state index is 12.4. The molecule has 2 heterocycles. The van der Waals surface area contributed by atoms with Crippen molar-refractivity contribution in [2.45, 2.75) is 25.7 Å². The predicted molar refractivity (Wildman–Crippen MR) is 62.8 cm³/mol. The lowest BCUT2D eigenvalue weighted by Crippen LogP contribution is -2.30. The molecule has 2 N–H and O–H groups in total. The van der Waals surface area contributed by atoms with Gasteiger partial charge in [0.25, 0.3) is 5.91 Å². The third kappa shape index (κ3) is 3.37. The van der Waals surface area contributed by atoms with Gasteiger partial charge in [0, 0.05) is 6.20 Å². The highest BCUT2D eigenvalue weighted by Gasteiger charge is 2.29. The maximum Gasteiger partial charge on any atom is 0.406 e. The first-order valence-electron chi connectivity index (χ1n) is 5.75. The van der Waals surface area contributed by atoms with Gasteiger partial charge in [-0.3, -0.25) is 9.89 Å². The molecule has 0 bridgehead atoms. The van der Waals surface area contributed by atoms with Gasteiger partial charge in [-0.15, -0.1) is 0 Å². The molecule has 0 aromatic carbocycles. The summed E-state index contributed by atoms with van der Waals surface area (Å²) in [6, 6.07) is 2.23. The Bertz CT molecular complexity index is 575. The van der Waals surface area contributed by atoms with Crippen LogP contribution in [0.15, 0.2) is 24.7 Å². The molecule has 1 amide bonds. The molecule has 20 heavy (non-hydrogen) atoms. The average molecular weight is 287 g/mol. The van der Waals surface area contributed by atoms with Crippen molar-refractivity contribution in [3.05, 3.63) is 36.2 Å². The highest BCUT2D eigenvalue weighted by atomic mass is 19.4. The van der Waals surface area contributed by atoms with E-state index in [1.807, 2.05) is 0 Å². The van der Waals surface area contributed by atoms with Crippen LogP contribution in [0.25, 0.3) is 0 Å². The smallest absolute Gasteiger partial charge is 0.341 e. The van der Waals surface area contributed by atoms with E-state index in [1.54, 1.807) is 6.92 Å². The highest BCUT2D eigenvalue weighted by Crippen LogP contribution is 2.19. The number of alkyl halides is 3. The van der Waals surface area contributed by atoms with Crippen molar-refractivity contribution in [3.63, 3.8) is 0 Å². The molecule has 0 radical (unpaired) electrons. The second-order valence-electron chi connectivity index (χ2n) is 4.20. The second-order valence-corrected chi connectivity index (χ2v) is 4.20. The monoisotopic (exact) mass is 287 g/mol. The number of halogens is 3. The van der Waals surface area contributed by atoms with Gasteiger partial charge in [0.05, 0.1) is 6.04 Å². The first-order valence-corrected chi connectivity index (χ1v) is 5.75. The third-order valence-corrected chi connectivity index (χ3v) is 2.60. The molecule has 6 nitrogen and oxygen atoms in total. The molecule has 0 fully saturated rings. The summed E-state index contributed by atoms with van der Waals surface area (Å²) in [5.41, 5.74) is -0.0614. The van der Waals surface area contributed by atoms with Crippen LogP contribution in [-0.2, 0) is 6.54 Å². The molecule has 0 saturated heterocycles. The van der Waals surface area contributed by atoms with E-state index in [2.05, 4.69) is 20.5 Å². The van der Waals surface area contributed by atoms with Crippen molar-refractivity contribution in [2.24, 2.45) is 0 Å². The summed E-state index contributed by atoms with van der Waals surface area (Å²) in [6.45, 7) is 0.439. The zero-order valence-electron chi connectivity index (χ0n) is 10.5. The molecule has 1 atom stereocenters. The summed E-state index contributed by atoms with van der Waals surface area (Å²) in [7, 11) is 0. The number of carbonyl (C=O) groups is 1. The maximum absolute atomic E-state index is 12.4. The van der Waals surface area contributed by atoms with Crippen LogP contribution in [0.2, 0.25) is 0 Å². The summed E-state index contributed by atoms with van der Waals surface area (Å²) in [4.78, 5) is 15.8. The van der Waals surface area contributed by atoms with Gasteiger partial charge in [-0.1, -0.05) is 0 Å². The lowest BCUT2D eigenvalue weighted by molar-refractivity contribution is -0.140. The molecule has 0 spiro atoms. The average Bonchev–Trinajstić information content (AvgIpc) is 2.96. The van der Waals surface area contributed by atoms with E-state index in [-0.39, 0.29) is 5.69 Å². The second kappa shape index (κ2) is 5.35. The van der Waals surface area contributed by atoms with E-state index < -0.39 is 24.7 Å². The van der Waals surface area contributed by atoms with Crippen molar-refractivity contribution in [3.8, 4) is 0 Å². The molecule has 0 aliphatic carbocycles. The Morgan fingerprint density at radius 3 is 2.90 bits per heavy atom. The van der Waals surface area contributed by atoms with Gasteiger partial charge in [-0.05, 0) is 19.1 Å². The number of aromatic amines is 1. The molecule has 0 aliphatic rings. The van der Waals surface area contributed by atoms with Crippen molar-refractivity contribution in [1.82, 2.24) is 25.1 Å². The minimum Gasteiger partial charge on any atom is -0.341 e. The molecule has 2 rings (SSSR count). The Morgan fingerprint density at radius 1 is 1.55 bits per heavy atom. The summed E-state index contributed by atoms with van der Waals surface area (Å²) in [5.74, 6) is -0.185. The lowest BCUT2D eigenvalue weighted by Gasteiger charge is -2.14. The SMILES string of the molecule is CC(NC(=O)c1cccn1CC(F)(F)F)c1ncn[nH]1. The van der Waals surface area contributed by atoms with Gasteiger partial charge in [0.1, 0.15) is 24.4 Å². The van der Waals surface area contributed by atoms with Crippen LogP contribution in [0.3, 0.4) is 0 Å². The Hall–Kier alpha value is -2.32. The van der Waals surface area contributed by atoms with Gasteiger partial charge in [0.2, 0.25) is 0 Å². The fourth-order valence-corrected chi connectivity index (χ4v) is 1.71. The predicted octanol–water partition coefficient (Wildman–Crippen LogP) is 1.66. The first-order chi connectivity index (χ1) is 9.37. The van der Waals surface area contributed by atoms with Crippen LogP contribution in [0.4, 0.5) is 13.2 Å². The topological polar surface area (TPSA) is 75.6 Å². The number of nitrogens with zero attached hydrogens (tertiary/aromatic N) is 3. The van der Waals surface area contributed by atoms with E-state index in [0.717, 1.165) is 4.57 Å². The van der Waals surface area contributed by atoms with Gasteiger partial charge in [0.15, 0.2) is 0 Å². The van der Waals surface area contributed by atoms with E-state index in [9.17, 15) is 18.0 Å². The molecule has 9 heteroatoms. The third-order valence-electron chi connectivity index (χ3n) is 2.60. The summed E-state index contributed by atoms with van der Waals surface area (Å²) >= 11 is 0. The molecule has 0 saturated carbocycles. The van der Waals surface area contributed by atoms with Crippen LogP contribution in [0, 0.1) is 0 Å². The quantitative estimate of drug-likeness (QED) is 0.898. The molecule has 108 valence electrons. The van der Waals surface area contributed by atoms with Crippen LogP contribution >= 0.6 is 0 Å². The number of carbonyl (C=O) groups excluding carboxylic acids is 1. The molecular weight excluding hydrogens is 275 g/mol. The van der Waals surface area contributed by atoms with E-state index in [4.69, 9.17) is 0 Å². The number of amides is 1. The Morgan fingerprint density at radius 2 is 2.30 bits per heavy atom. The summed E-state index contributed by atoms with van der Waals surface area (Å²) in [6.07, 6.45) is -1.89. The largest absolute Gasteiger partial charge is 0.406 e. The van der Waals surface area contributed by atoms with Crippen molar-refractivity contribution in [2.75, 3.05) is 0 Å². The van der Waals surface area contributed by atoms with Crippen molar-refractivity contribution < 1.29 is 18.0 Å². The Labute approximate surface area is 112 Å². The van der Waals surface area contributed by atoms with Gasteiger partial charge in [-0.25, -0.2) is 4.98 Å². The molecule has 0 aliphatic heterocycles. The molecule has 2 aromatic rings. The zero-order chi connectivity index (χ0) is 14.8. The van der Waals surface area contributed by atoms with Gasteiger partial charge in [-0.2, -0.15) is 18.3 Å². The standard InChI is InChI=1S/C11H12F3N5O/c1-7(9-15-6-16-18-9)17-10(20)8-3-2-4-19(8)5-11(12,13)14/h2-4,6-7H,5H2,1H3,(H,17,20)(H,15,16,18). The van der Waals surface area contributed by atoms with Crippen LogP contribution < -0.4 is 5.32 Å². The molecular formula is C11H12F3N5O. The first kappa shape index (κ1) is 14.1. The van der Waals surface area contributed by atoms with Crippen LogP contribution in [0.1, 0.15) is 29.3 Å². The highest BCUT2D eigenvalue weighted by molar-refractivity contribution is 5.92. The molecule has 1 unspecified atom stereocenters. The van der Waals surface area contributed by atoms with Crippen LogP contribution in [-0.4, -0.2) is 31.8 Å². The lowest BCUT2D eigenvalue weighted by atomic mass is 10.3. The Balaban J connectivity index is 2.08. The van der Waals surface area contributed by atoms with Crippen LogP contribution in [0.5, 0.6) is 0 Å². The number of H-pyrrole nitrogens is 1. The fraction of sp³-hybridized carbons (Fsp3) is 0.364. The Kier molecular flexibility index (Phi) is 3.77. The van der Waals surface area contributed by atoms with E-state index in [0.29, 0.717) is 5.82 Å². The van der Waals surface area contributed by atoms with Crippen molar-refractivity contribution in [1.29, 1.82) is 0 Å². The minimum atomic E-state index is -4.38. The van der Waals surface area contributed by atoms with Gasteiger partial charge >= 0.3 is 6.18 Å². The van der Waals surface area contributed by atoms with E-state index >= 15 is 0 Å². The zero-order valence-corrected chi connectivity index (χ0v) is 10.5. The van der Waals surface area contributed by atoms with Crippen molar-refractivity contribution >= 4 is 5.91 Å². The molecule has 2 aromatic heterocycles. The minimum absolute atomic E-state index is 0.0614. The van der Waals surface area contributed by atoms with E-state index in [1.165, 1.54) is 24.7 Å². The number of hydrogen-bond donors (Lipinski definition) is 2. The normalized spacial score (nSPS) is 13.2. The fourth-order valence-electron chi connectivity index (χ4n) is 1.71. The number of nitrogens with one attached hydrogen (secondary N) is 2. The van der Waals surface area contributed by atoms with Gasteiger partial charge < -0.3 is 9.88 Å². The number of aromatic nitrogens is 4.